The number of rotatable bonds is 2. The minimum absolute atomic E-state index is 0.0347. The average Bonchev–Trinajstić information content (AvgIpc) is 2.04. The van der Waals surface area contributed by atoms with Gasteiger partial charge in [-0.1, -0.05) is 0 Å². The van der Waals surface area contributed by atoms with E-state index in [9.17, 15) is 4.79 Å². The quantitative estimate of drug-likeness (QED) is 0.670. The van der Waals surface area contributed by atoms with Crippen LogP contribution in [0, 0.1) is 0 Å². The summed E-state index contributed by atoms with van der Waals surface area (Å²) in [6.45, 7) is 0. The smallest absolute Gasteiger partial charge is 0.411 e. The standard InChI is InChI=1S/C6H7N3O3/c1-11-4-5(12-6(7)10)9-3-2-8-4/h2-3H,1H3,(H2,7,10). The Kier molecular flexibility index (Phi) is 2.42. The Labute approximate surface area is 68.3 Å². The Morgan fingerprint density at radius 1 is 1.42 bits per heavy atom. The zero-order chi connectivity index (χ0) is 8.97. The molecule has 0 aromatic carbocycles. The summed E-state index contributed by atoms with van der Waals surface area (Å²) in [6, 6.07) is 0. The van der Waals surface area contributed by atoms with Crippen LogP contribution in [0.3, 0.4) is 0 Å². The van der Waals surface area contributed by atoms with Crippen molar-refractivity contribution in [1.29, 1.82) is 0 Å². The molecule has 0 saturated heterocycles. The third kappa shape index (κ3) is 1.82. The van der Waals surface area contributed by atoms with E-state index in [4.69, 9.17) is 10.5 Å². The number of carbonyl (C=O) groups excluding carboxylic acids is 1. The summed E-state index contributed by atoms with van der Waals surface area (Å²) in [5.41, 5.74) is 4.76. The van der Waals surface area contributed by atoms with Gasteiger partial charge in [0.15, 0.2) is 0 Å². The Bertz CT molecular complexity index is 289. The van der Waals surface area contributed by atoms with Crippen molar-refractivity contribution in [3.05, 3.63) is 12.4 Å². The number of nitrogens with two attached hydrogens (primary N) is 1. The zero-order valence-electron chi connectivity index (χ0n) is 6.35. The number of aromatic nitrogens is 2. The lowest BCUT2D eigenvalue weighted by molar-refractivity contribution is 0.206. The average molecular weight is 169 g/mol. The van der Waals surface area contributed by atoms with Crippen molar-refractivity contribution in [2.24, 2.45) is 5.73 Å². The molecular weight excluding hydrogens is 162 g/mol. The van der Waals surface area contributed by atoms with Gasteiger partial charge in [-0.05, 0) is 0 Å². The normalized spacial score (nSPS) is 9.08. The molecule has 1 heterocycles. The van der Waals surface area contributed by atoms with Gasteiger partial charge in [0, 0.05) is 12.4 Å². The number of hydrogen-bond donors (Lipinski definition) is 1. The highest BCUT2D eigenvalue weighted by atomic mass is 16.6. The van der Waals surface area contributed by atoms with Crippen LogP contribution >= 0.6 is 0 Å². The van der Waals surface area contributed by atoms with Crippen LogP contribution in [0.2, 0.25) is 0 Å². The molecule has 1 amide bonds. The topological polar surface area (TPSA) is 87.3 Å². The van der Waals surface area contributed by atoms with Crippen LogP contribution in [-0.4, -0.2) is 23.2 Å². The van der Waals surface area contributed by atoms with Gasteiger partial charge in [-0.25, -0.2) is 14.8 Å². The van der Waals surface area contributed by atoms with E-state index in [-0.39, 0.29) is 11.8 Å². The van der Waals surface area contributed by atoms with E-state index in [1.807, 2.05) is 0 Å². The predicted octanol–water partition coefficient (Wildman–Crippen LogP) is -0.0573. The third-order valence-electron chi connectivity index (χ3n) is 1.02. The minimum atomic E-state index is -0.950. The van der Waals surface area contributed by atoms with Gasteiger partial charge in [0.05, 0.1) is 7.11 Å². The minimum Gasteiger partial charge on any atom is -0.477 e. The molecule has 2 N–H and O–H groups in total. The molecule has 0 aliphatic carbocycles. The second-order valence-electron chi connectivity index (χ2n) is 1.79. The largest absolute Gasteiger partial charge is 0.477 e. The van der Waals surface area contributed by atoms with Gasteiger partial charge in [-0.2, -0.15) is 0 Å². The summed E-state index contributed by atoms with van der Waals surface area (Å²) >= 11 is 0. The summed E-state index contributed by atoms with van der Waals surface area (Å²) in [6.07, 6.45) is 1.82. The van der Waals surface area contributed by atoms with Gasteiger partial charge in [-0.15, -0.1) is 0 Å². The van der Waals surface area contributed by atoms with Crippen molar-refractivity contribution in [2.75, 3.05) is 7.11 Å². The number of carbonyl (C=O) groups is 1. The Hall–Kier alpha value is -1.85. The molecule has 0 fully saturated rings. The second kappa shape index (κ2) is 3.51. The highest BCUT2D eigenvalue weighted by Gasteiger charge is 2.08. The molecular formula is C6H7N3O3. The number of hydrogen-bond acceptors (Lipinski definition) is 5. The van der Waals surface area contributed by atoms with Gasteiger partial charge in [0.25, 0.3) is 11.8 Å². The SMILES string of the molecule is COc1nccnc1OC(N)=O. The summed E-state index contributed by atoms with van der Waals surface area (Å²) in [5.74, 6) is 0.0869. The first kappa shape index (κ1) is 8.25. The van der Waals surface area contributed by atoms with Crippen molar-refractivity contribution in [2.45, 2.75) is 0 Å². The highest BCUT2D eigenvalue weighted by Crippen LogP contribution is 2.18. The van der Waals surface area contributed by atoms with Gasteiger partial charge in [0.2, 0.25) is 0 Å². The van der Waals surface area contributed by atoms with Crippen LogP contribution in [-0.2, 0) is 0 Å². The lowest BCUT2D eigenvalue weighted by Gasteiger charge is -2.02. The van der Waals surface area contributed by atoms with E-state index in [0.29, 0.717) is 0 Å². The van der Waals surface area contributed by atoms with Crippen LogP contribution in [0.5, 0.6) is 11.8 Å². The fourth-order valence-corrected chi connectivity index (χ4v) is 0.618. The molecule has 0 spiro atoms. The van der Waals surface area contributed by atoms with E-state index in [1.54, 1.807) is 0 Å². The van der Waals surface area contributed by atoms with Crippen molar-refractivity contribution >= 4 is 6.09 Å². The first-order valence-electron chi connectivity index (χ1n) is 3.06. The summed E-state index contributed by atoms with van der Waals surface area (Å²) in [4.78, 5) is 17.7. The maximum absolute atomic E-state index is 10.3. The van der Waals surface area contributed by atoms with Crippen LogP contribution in [0.15, 0.2) is 12.4 Å². The van der Waals surface area contributed by atoms with Gasteiger partial charge < -0.3 is 15.2 Å². The predicted molar refractivity (Wildman–Crippen MR) is 38.8 cm³/mol. The van der Waals surface area contributed by atoms with E-state index in [1.165, 1.54) is 19.5 Å². The lowest BCUT2D eigenvalue weighted by Crippen LogP contribution is -2.17. The fourth-order valence-electron chi connectivity index (χ4n) is 0.618. The van der Waals surface area contributed by atoms with Gasteiger partial charge in [-0.3, -0.25) is 0 Å². The monoisotopic (exact) mass is 169 g/mol. The lowest BCUT2D eigenvalue weighted by atomic mass is 10.7. The Morgan fingerprint density at radius 2 is 2.00 bits per heavy atom. The molecule has 64 valence electrons. The third-order valence-corrected chi connectivity index (χ3v) is 1.02. The first-order valence-corrected chi connectivity index (χ1v) is 3.06. The van der Waals surface area contributed by atoms with E-state index < -0.39 is 6.09 Å². The van der Waals surface area contributed by atoms with Crippen molar-refractivity contribution in [1.82, 2.24) is 9.97 Å². The maximum atomic E-state index is 10.3. The molecule has 1 aromatic rings. The molecule has 0 aliphatic heterocycles. The maximum Gasteiger partial charge on any atom is 0.411 e. The summed E-state index contributed by atoms with van der Waals surface area (Å²) < 4.78 is 9.22. The second-order valence-corrected chi connectivity index (χ2v) is 1.79. The molecule has 12 heavy (non-hydrogen) atoms. The van der Waals surface area contributed by atoms with Crippen LogP contribution in [0.25, 0.3) is 0 Å². The summed E-state index contributed by atoms with van der Waals surface area (Å²) in [7, 11) is 1.39. The van der Waals surface area contributed by atoms with Crippen LogP contribution in [0.1, 0.15) is 0 Å². The highest BCUT2D eigenvalue weighted by molar-refractivity contribution is 5.68. The van der Waals surface area contributed by atoms with E-state index >= 15 is 0 Å². The van der Waals surface area contributed by atoms with Crippen molar-refractivity contribution < 1.29 is 14.3 Å². The van der Waals surface area contributed by atoms with Crippen LogP contribution < -0.4 is 15.2 Å². The number of nitrogens with zero attached hydrogens (tertiary/aromatic N) is 2. The molecule has 1 aromatic heterocycles. The molecule has 0 unspecified atom stereocenters. The molecule has 0 atom stereocenters. The van der Waals surface area contributed by atoms with Gasteiger partial charge >= 0.3 is 6.09 Å². The van der Waals surface area contributed by atoms with E-state index in [0.717, 1.165) is 0 Å². The van der Waals surface area contributed by atoms with Gasteiger partial charge in [0.1, 0.15) is 0 Å². The molecule has 6 nitrogen and oxygen atoms in total. The zero-order valence-corrected chi connectivity index (χ0v) is 6.35. The molecule has 0 bridgehead atoms. The fraction of sp³-hybridized carbons (Fsp3) is 0.167. The van der Waals surface area contributed by atoms with E-state index in [2.05, 4.69) is 14.7 Å². The molecule has 0 saturated carbocycles. The molecule has 0 aliphatic rings. The number of ether oxygens (including phenoxy) is 2. The first-order chi connectivity index (χ1) is 5.74. The van der Waals surface area contributed by atoms with Crippen molar-refractivity contribution in [3.8, 4) is 11.8 Å². The number of primary amides is 1. The Balaban J connectivity index is 2.89. The molecule has 1 rings (SSSR count). The Morgan fingerprint density at radius 3 is 2.50 bits per heavy atom. The number of methoxy groups -OCH3 is 1. The molecule has 6 heteroatoms. The number of amides is 1. The van der Waals surface area contributed by atoms with Crippen LogP contribution in [0.4, 0.5) is 4.79 Å². The molecule has 0 radical (unpaired) electrons. The summed E-state index contributed by atoms with van der Waals surface area (Å²) in [5, 5.41) is 0. The van der Waals surface area contributed by atoms with Crippen molar-refractivity contribution in [3.63, 3.8) is 0 Å².